The third-order valence-corrected chi connectivity index (χ3v) is 6.19. The van der Waals surface area contributed by atoms with Gasteiger partial charge in [-0.3, -0.25) is 0 Å². The van der Waals surface area contributed by atoms with Crippen molar-refractivity contribution < 1.29 is 14.6 Å². The monoisotopic (exact) mass is 456 g/mol. The Bertz CT molecular complexity index is 1130. The smallest absolute Gasteiger partial charge is 0.337 e. The standard InChI is InChI=1S/C24H22Cl2N2O3/c1-31-19-5-7-23(20(12-19)24(29)30)28-17-4-3-15-9-18(11-16(15)10-17)27-13-14-2-6-21(25)22(26)8-14/h2-8,10,12,18,27-28H,9,11,13H2,1H3,(H,29,30). The summed E-state index contributed by atoms with van der Waals surface area (Å²) in [5.41, 5.74) is 5.19. The van der Waals surface area contributed by atoms with Gasteiger partial charge in [-0.2, -0.15) is 0 Å². The van der Waals surface area contributed by atoms with Crippen LogP contribution >= 0.6 is 23.2 Å². The maximum absolute atomic E-state index is 11.6. The predicted molar refractivity (Wildman–Crippen MR) is 124 cm³/mol. The van der Waals surface area contributed by atoms with Crippen LogP contribution in [0.5, 0.6) is 5.75 Å². The molecule has 31 heavy (non-hydrogen) atoms. The van der Waals surface area contributed by atoms with E-state index in [2.05, 4.69) is 22.8 Å². The topological polar surface area (TPSA) is 70.6 Å². The summed E-state index contributed by atoms with van der Waals surface area (Å²) in [6.45, 7) is 0.717. The summed E-state index contributed by atoms with van der Waals surface area (Å²) < 4.78 is 5.14. The highest BCUT2D eigenvalue weighted by atomic mass is 35.5. The molecule has 0 aromatic heterocycles. The highest BCUT2D eigenvalue weighted by Gasteiger charge is 2.21. The van der Waals surface area contributed by atoms with E-state index in [9.17, 15) is 9.90 Å². The van der Waals surface area contributed by atoms with Crippen molar-refractivity contribution in [3.8, 4) is 5.75 Å². The summed E-state index contributed by atoms with van der Waals surface area (Å²) in [7, 11) is 1.51. The quantitative estimate of drug-likeness (QED) is 0.425. The molecule has 160 valence electrons. The van der Waals surface area contributed by atoms with Gasteiger partial charge < -0.3 is 20.5 Å². The molecule has 0 bridgehead atoms. The van der Waals surface area contributed by atoms with E-state index >= 15 is 0 Å². The lowest BCUT2D eigenvalue weighted by atomic mass is 10.1. The number of anilines is 2. The van der Waals surface area contributed by atoms with Crippen LogP contribution in [-0.4, -0.2) is 24.2 Å². The average molecular weight is 457 g/mol. The van der Waals surface area contributed by atoms with Crippen LogP contribution < -0.4 is 15.4 Å². The zero-order valence-electron chi connectivity index (χ0n) is 16.9. The molecule has 1 atom stereocenters. The Morgan fingerprint density at radius 3 is 2.58 bits per heavy atom. The maximum Gasteiger partial charge on any atom is 0.337 e. The molecule has 0 aliphatic heterocycles. The molecule has 0 spiro atoms. The maximum atomic E-state index is 11.6. The molecule has 1 aliphatic rings. The van der Waals surface area contributed by atoms with Crippen molar-refractivity contribution in [3.63, 3.8) is 0 Å². The van der Waals surface area contributed by atoms with Crippen LogP contribution in [0.15, 0.2) is 54.6 Å². The van der Waals surface area contributed by atoms with Crippen LogP contribution in [-0.2, 0) is 19.4 Å². The molecule has 3 aromatic rings. The first-order valence-electron chi connectivity index (χ1n) is 9.90. The minimum absolute atomic E-state index is 0.168. The molecule has 1 aliphatic carbocycles. The SMILES string of the molecule is COc1ccc(Nc2ccc3c(c2)CC(NCc2ccc(Cl)c(Cl)c2)C3)c(C(=O)O)c1. The molecule has 5 nitrogen and oxygen atoms in total. The van der Waals surface area contributed by atoms with Crippen molar-refractivity contribution in [3.05, 3.63) is 86.9 Å². The Morgan fingerprint density at radius 2 is 1.84 bits per heavy atom. The number of carbonyl (C=O) groups is 1. The second-order valence-electron chi connectivity index (χ2n) is 7.56. The summed E-state index contributed by atoms with van der Waals surface area (Å²) in [5, 5.41) is 17.5. The number of carboxylic acid groups (broad SMARTS) is 1. The molecule has 0 saturated carbocycles. The Kier molecular flexibility index (Phi) is 6.37. The molecular formula is C24H22Cl2N2O3. The average Bonchev–Trinajstić information content (AvgIpc) is 3.17. The van der Waals surface area contributed by atoms with Crippen LogP contribution in [0.25, 0.3) is 0 Å². The van der Waals surface area contributed by atoms with Crippen LogP contribution in [0.1, 0.15) is 27.0 Å². The summed E-state index contributed by atoms with van der Waals surface area (Å²) >= 11 is 12.1. The minimum atomic E-state index is -1.01. The van der Waals surface area contributed by atoms with Gasteiger partial charge in [0.05, 0.1) is 28.4 Å². The number of methoxy groups -OCH3 is 1. The van der Waals surface area contributed by atoms with E-state index in [0.29, 0.717) is 34.1 Å². The highest BCUT2D eigenvalue weighted by Crippen LogP contribution is 2.30. The molecule has 7 heteroatoms. The Morgan fingerprint density at radius 1 is 1.03 bits per heavy atom. The van der Waals surface area contributed by atoms with Gasteiger partial charge in [0.15, 0.2) is 0 Å². The molecule has 0 amide bonds. The van der Waals surface area contributed by atoms with Crippen LogP contribution in [0.2, 0.25) is 10.0 Å². The summed E-state index contributed by atoms with van der Waals surface area (Å²) in [4.78, 5) is 11.6. The Labute approximate surface area is 191 Å². The number of hydrogen-bond donors (Lipinski definition) is 3. The van der Waals surface area contributed by atoms with E-state index in [1.807, 2.05) is 24.3 Å². The number of carboxylic acids is 1. The van der Waals surface area contributed by atoms with Crippen molar-refractivity contribution in [2.45, 2.75) is 25.4 Å². The lowest BCUT2D eigenvalue weighted by Crippen LogP contribution is -2.28. The first kappa shape index (κ1) is 21.5. The van der Waals surface area contributed by atoms with Gasteiger partial charge in [0.2, 0.25) is 0 Å². The largest absolute Gasteiger partial charge is 0.497 e. The van der Waals surface area contributed by atoms with Gasteiger partial charge >= 0.3 is 5.97 Å². The predicted octanol–water partition coefficient (Wildman–Crippen LogP) is 5.70. The number of hydrogen-bond acceptors (Lipinski definition) is 4. The van der Waals surface area contributed by atoms with E-state index in [1.54, 1.807) is 12.1 Å². The fourth-order valence-corrected chi connectivity index (χ4v) is 4.16. The molecular weight excluding hydrogens is 435 g/mol. The first-order valence-corrected chi connectivity index (χ1v) is 10.7. The van der Waals surface area contributed by atoms with Crippen LogP contribution in [0, 0.1) is 0 Å². The normalized spacial score (nSPS) is 14.9. The number of benzene rings is 3. The van der Waals surface area contributed by atoms with Gasteiger partial charge in [0.25, 0.3) is 0 Å². The van der Waals surface area contributed by atoms with Gasteiger partial charge in [-0.15, -0.1) is 0 Å². The summed E-state index contributed by atoms with van der Waals surface area (Å²) in [5.74, 6) is -0.498. The highest BCUT2D eigenvalue weighted by molar-refractivity contribution is 6.42. The van der Waals surface area contributed by atoms with Gasteiger partial charge in [0, 0.05) is 18.3 Å². The number of aromatic carboxylic acids is 1. The number of rotatable bonds is 7. The van der Waals surface area contributed by atoms with E-state index in [0.717, 1.165) is 24.1 Å². The lowest BCUT2D eigenvalue weighted by molar-refractivity contribution is 0.0697. The number of ether oxygens (including phenoxy) is 1. The van der Waals surface area contributed by atoms with Gasteiger partial charge in [-0.1, -0.05) is 35.3 Å². The number of halogens is 2. The zero-order chi connectivity index (χ0) is 22.0. The zero-order valence-corrected chi connectivity index (χ0v) is 18.4. The molecule has 3 N–H and O–H groups in total. The fourth-order valence-electron chi connectivity index (χ4n) is 3.84. The summed E-state index contributed by atoms with van der Waals surface area (Å²) in [6.07, 6.45) is 1.85. The van der Waals surface area contributed by atoms with Crippen molar-refractivity contribution >= 4 is 40.5 Å². The fraction of sp³-hybridized carbons (Fsp3) is 0.208. The van der Waals surface area contributed by atoms with E-state index in [4.69, 9.17) is 27.9 Å². The van der Waals surface area contributed by atoms with Crippen molar-refractivity contribution in [1.29, 1.82) is 0 Å². The second kappa shape index (κ2) is 9.18. The van der Waals surface area contributed by atoms with Gasteiger partial charge in [0.1, 0.15) is 5.75 Å². The van der Waals surface area contributed by atoms with Gasteiger partial charge in [-0.05, 0) is 72.0 Å². The molecule has 1 unspecified atom stereocenters. The van der Waals surface area contributed by atoms with Crippen molar-refractivity contribution in [2.24, 2.45) is 0 Å². The number of nitrogens with one attached hydrogen (secondary N) is 2. The first-order chi connectivity index (χ1) is 14.9. The third kappa shape index (κ3) is 4.96. The molecule has 3 aromatic carbocycles. The molecule has 0 saturated heterocycles. The van der Waals surface area contributed by atoms with E-state index in [1.165, 1.54) is 24.3 Å². The van der Waals surface area contributed by atoms with Crippen LogP contribution in [0.4, 0.5) is 11.4 Å². The third-order valence-electron chi connectivity index (χ3n) is 5.45. The Hall–Kier alpha value is -2.73. The molecule has 0 fully saturated rings. The second-order valence-corrected chi connectivity index (χ2v) is 8.37. The van der Waals surface area contributed by atoms with Crippen molar-refractivity contribution in [1.82, 2.24) is 5.32 Å². The number of fused-ring (bicyclic) bond motifs is 1. The molecule has 4 rings (SSSR count). The molecule has 0 radical (unpaired) electrons. The van der Waals surface area contributed by atoms with E-state index < -0.39 is 5.97 Å². The van der Waals surface area contributed by atoms with Crippen molar-refractivity contribution in [2.75, 3.05) is 12.4 Å². The summed E-state index contributed by atoms with van der Waals surface area (Å²) in [6, 6.07) is 17.1. The van der Waals surface area contributed by atoms with E-state index in [-0.39, 0.29) is 5.56 Å². The lowest BCUT2D eigenvalue weighted by Gasteiger charge is -2.12. The van der Waals surface area contributed by atoms with Gasteiger partial charge in [-0.25, -0.2) is 4.79 Å². The van der Waals surface area contributed by atoms with Crippen LogP contribution in [0.3, 0.4) is 0 Å². The Balaban J connectivity index is 1.43. The minimum Gasteiger partial charge on any atom is -0.497 e. The molecule has 0 heterocycles.